The lowest BCUT2D eigenvalue weighted by atomic mass is 10.0. The Balaban J connectivity index is 1.55. The van der Waals surface area contributed by atoms with Gasteiger partial charge >= 0.3 is 6.03 Å². The molecule has 0 radical (unpaired) electrons. The van der Waals surface area contributed by atoms with E-state index in [0.29, 0.717) is 19.4 Å². The van der Waals surface area contributed by atoms with Crippen LogP contribution in [-0.2, 0) is 16.3 Å². The van der Waals surface area contributed by atoms with Crippen LogP contribution in [-0.4, -0.2) is 49.5 Å². The molecule has 1 aromatic carbocycles. The highest BCUT2D eigenvalue weighted by Crippen LogP contribution is 2.37. The molecule has 2 amide bonds. The van der Waals surface area contributed by atoms with E-state index in [0.717, 1.165) is 19.3 Å². The molecule has 1 unspecified atom stereocenters. The summed E-state index contributed by atoms with van der Waals surface area (Å²) in [5.41, 5.74) is 1.20. The number of carbonyl (C=O) groups is 1. The summed E-state index contributed by atoms with van der Waals surface area (Å²) in [5.74, 6) is 0. The molecule has 2 aliphatic rings. The Labute approximate surface area is 138 Å². The Morgan fingerprint density at radius 2 is 1.78 bits per heavy atom. The van der Waals surface area contributed by atoms with Crippen molar-refractivity contribution in [2.45, 2.75) is 49.4 Å². The first-order valence-corrected chi connectivity index (χ1v) is 10.2. The molecular formula is C17H24N2O3S. The van der Waals surface area contributed by atoms with E-state index in [1.807, 2.05) is 35.2 Å². The summed E-state index contributed by atoms with van der Waals surface area (Å²) < 4.78 is 23.6. The van der Waals surface area contributed by atoms with Gasteiger partial charge in [-0.25, -0.2) is 13.2 Å². The first-order valence-electron chi connectivity index (χ1n) is 8.24. The lowest BCUT2D eigenvalue weighted by Crippen LogP contribution is -2.53. The van der Waals surface area contributed by atoms with Crippen molar-refractivity contribution >= 4 is 15.9 Å². The average molecular weight is 336 g/mol. The van der Waals surface area contributed by atoms with Gasteiger partial charge in [-0.15, -0.1) is 0 Å². The van der Waals surface area contributed by atoms with Crippen LogP contribution in [0.1, 0.15) is 31.2 Å². The molecule has 2 saturated heterocycles. The molecule has 3 atom stereocenters. The van der Waals surface area contributed by atoms with Gasteiger partial charge in [-0.1, -0.05) is 30.3 Å². The summed E-state index contributed by atoms with van der Waals surface area (Å²) in [7, 11) is -3.01. The molecule has 0 aliphatic carbocycles. The Kier molecular flexibility index (Phi) is 4.62. The van der Waals surface area contributed by atoms with Gasteiger partial charge in [0.05, 0.1) is 5.25 Å². The molecule has 126 valence electrons. The monoisotopic (exact) mass is 336 g/mol. The Bertz CT molecular complexity index is 646. The first kappa shape index (κ1) is 16.3. The van der Waals surface area contributed by atoms with E-state index in [-0.39, 0.29) is 23.4 Å². The second kappa shape index (κ2) is 6.51. The molecule has 2 heterocycles. The number of sulfone groups is 1. The maximum absolute atomic E-state index is 12.5. The van der Waals surface area contributed by atoms with Gasteiger partial charge in [0.1, 0.15) is 9.84 Å². The van der Waals surface area contributed by atoms with Crippen LogP contribution in [0.15, 0.2) is 30.3 Å². The van der Waals surface area contributed by atoms with Crippen LogP contribution < -0.4 is 5.32 Å². The summed E-state index contributed by atoms with van der Waals surface area (Å²) in [6.45, 7) is 0.605. The molecule has 2 bridgehead atoms. The van der Waals surface area contributed by atoms with Crippen molar-refractivity contribution in [3.63, 3.8) is 0 Å². The lowest BCUT2D eigenvalue weighted by molar-refractivity contribution is 0.148. The number of fused-ring (bicyclic) bond motifs is 2. The molecule has 2 fully saturated rings. The second-order valence-electron chi connectivity index (χ2n) is 6.68. The van der Waals surface area contributed by atoms with Crippen LogP contribution >= 0.6 is 0 Å². The zero-order valence-corrected chi connectivity index (χ0v) is 14.3. The zero-order valence-electron chi connectivity index (χ0n) is 13.4. The van der Waals surface area contributed by atoms with Gasteiger partial charge in [0.2, 0.25) is 0 Å². The van der Waals surface area contributed by atoms with E-state index in [1.165, 1.54) is 11.8 Å². The number of hydrogen-bond donors (Lipinski definition) is 1. The lowest BCUT2D eigenvalue weighted by Gasteiger charge is -2.38. The van der Waals surface area contributed by atoms with Gasteiger partial charge in [0, 0.05) is 24.9 Å². The number of piperidine rings is 1. The number of nitrogens with one attached hydrogen (secondary N) is 1. The minimum absolute atomic E-state index is 0.0413. The molecule has 3 rings (SSSR count). The molecular weight excluding hydrogens is 312 g/mol. The van der Waals surface area contributed by atoms with E-state index < -0.39 is 9.84 Å². The van der Waals surface area contributed by atoms with Crippen molar-refractivity contribution in [1.29, 1.82) is 0 Å². The highest BCUT2D eigenvalue weighted by Gasteiger charge is 2.45. The quantitative estimate of drug-likeness (QED) is 0.914. The van der Waals surface area contributed by atoms with E-state index >= 15 is 0 Å². The molecule has 0 aromatic heterocycles. The Morgan fingerprint density at radius 3 is 2.35 bits per heavy atom. The maximum atomic E-state index is 12.5. The number of benzene rings is 1. The van der Waals surface area contributed by atoms with Crippen LogP contribution in [0.4, 0.5) is 4.79 Å². The van der Waals surface area contributed by atoms with Crippen LogP contribution in [0.2, 0.25) is 0 Å². The normalized spacial score (nSPS) is 27.0. The number of carbonyl (C=O) groups excluding carboxylic acids is 1. The van der Waals surface area contributed by atoms with E-state index in [4.69, 9.17) is 0 Å². The molecule has 5 nitrogen and oxygen atoms in total. The standard InChI is InChI=1S/C17H24N2O3S/c1-23(21,22)16-11-14-7-8-15(12-16)19(14)17(20)18-10-9-13-5-3-2-4-6-13/h2-6,14-16H,7-12H2,1H3,(H,18,20)/t14-,15+,16?. The Hall–Kier alpha value is -1.56. The Morgan fingerprint density at radius 1 is 1.17 bits per heavy atom. The predicted octanol–water partition coefficient (Wildman–Crippen LogP) is 1.98. The van der Waals surface area contributed by atoms with Gasteiger partial charge in [-0.2, -0.15) is 0 Å². The fourth-order valence-corrected chi connectivity index (χ4v) is 5.00. The van der Waals surface area contributed by atoms with E-state index in [2.05, 4.69) is 5.32 Å². The fourth-order valence-electron chi connectivity index (χ4n) is 3.86. The average Bonchev–Trinajstić information content (AvgIpc) is 2.77. The SMILES string of the molecule is CS(=O)(=O)C1C[C@H]2CC[C@@H](C1)N2C(=O)NCCc1ccccc1. The van der Waals surface area contributed by atoms with Crippen molar-refractivity contribution in [2.75, 3.05) is 12.8 Å². The van der Waals surface area contributed by atoms with Crippen molar-refractivity contribution in [2.24, 2.45) is 0 Å². The molecule has 1 aromatic rings. The summed E-state index contributed by atoms with van der Waals surface area (Å²) in [6, 6.07) is 10.2. The third-order valence-corrected chi connectivity index (χ3v) is 6.66. The van der Waals surface area contributed by atoms with Crippen molar-refractivity contribution < 1.29 is 13.2 Å². The summed E-state index contributed by atoms with van der Waals surface area (Å²) in [5, 5.41) is 2.71. The predicted molar refractivity (Wildman–Crippen MR) is 90.1 cm³/mol. The van der Waals surface area contributed by atoms with Gasteiger partial charge in [-0.05, 0) is 37.7 Å². The van der Waals surface area contributed by atoms with Crippen LogP contribution in [0.3, 0.4) is 0 Å². The topological polar surface area (TPSA) is 66.5 Å². The number of nitrogens with zero attached hydrogens (tertiary/aromatic N) is 1. The third-order valence-electron chi connectivity index (χ3n) is 5.06. The van der Waals surface area contributed by atoms with Crippen LogP contribution in [0, 0.1) is 0 Å². The molecule has 23 heavy (non-hydrogen) atoms. The van der Waals surface area contributed by atoms with Crippen LogP contribution in [0.25, 0.3) is 0 Å². The summed E-state index contributed by atoms with van der Waals surface area (Å²) >= 11 is 0. The van der Waals surface area contributed by atoms with Crippen molar-refractivity contribution in [1.82, 2.24) is 10.2 Å². The maximum Gasteiger partial charge on any atom is 0.317 e. The highest BCUT2D eigenvalue weighted by atomic mass is 32.2. The second-order valence-corrected chi connectivity index (χ2v) is 9.01. The number of rotatable bonds is 4. The first-order chi connectivity index (χ1) is 10.9. The minimum Gasteiger partial charge on any atom is -0.338 e. The number of urea groups is 1. The smallest absolute Gasteiger partial charge is 0.317 e. The molecule has 1 N–H and O–H groups in total. The molecule has 2 aliphatic heterocycles. The van der Waals surface area contributed by atoms with Gasteiger partial charge in [0.15, 0.2) is 0 Å². The molecule has 0 saturated carbocycles. The van der Waals surface area contributed by atoms with Gasteiger partial charge < -0.3 is 10.2 Å². The fraction of sp³-hybridized carbons (Fsp3) is 0.588. The summed E-state index contributed by atoms with van der Waals surface area (Å²) in [6.07, 6.45) is 5.13. The third kappa shape index (κ3) is 3.68. The number of amides is 2. The highest BCUT2D eigenvalue weighted by molar-refractivity contribution is 7.91. The largest absolute Gasteiger partial charge is 0.338 e. The van der Waals surface area contributed by atoms with Gasteiger partial charge in [-0.3, -0.25) is 0 Å². The van der Waals surface area contributed by atoms with E-state index in [1.54, 1.807) is 0 Å². The molecule has 0 spiro atoms. The minimum atomic E-state index is -3.01. The van der Waals surface area contributed by atoms with Crippen molar-refractivity contribution in [3.05, 3.63) is 35.9 Å². The van der Waals surface area contributed by atoms with Crippen molar-refractivity contribution in [3.8, 4) is 0 Å². The number of hydrogen-bond acceptors (Lipinski definition) is 3. The van der Waals surface area contributed by atoms with Crippen LogP contribution in [0.5, 0.6) is 0 Å². The molecule has 6 heteroatoms. The summed E-state index contributed by atoms with van der Waals surface area (Å²) in [4.78, 5) is 14.4. The van der Waals surface area contributed by atoms with Gasteiger partial charge in [0.25, 0.3) is 0 Å². The zero-order chi connectivity index (χ0) is 16.4. The van der Waals surface area contributed by atoms with E-state index in [9.17, 15) is 13.2 Å².